The van der Waals surface area contributed by atoms with Crippen LogP contribution in [-0.4, -0.2) is 48.6 Å². The first kappa shape index (κ1) is 16.4. The van der Waals surface area contributed by atoms with Crippen molar-refractivity contribution in [3.63, 3.8) is 0 Å². The molecular weight excluding hydrogens is 312 g/mol. The summed E-state index contributed by atoms with van der Waals surface area (Å²) in [7, 11) is 2.01. The van der Waals surface area contributed by atoms with Gasteiger partial charge in [-0.1, -0.05) is 12.1 Å². The van der Waals surface area contributed by atoms with E-state index in [0.29, 0.717) is 11.2 Å². The van der Waals surface area contributed by atoms with Gasteiger partial charge < -0.3 is 9.09 Å². The summed E-state index contributed by atoms with van der Waals surface area (Å²) in [5, 5.41) is 12.6. The average Bonchev–Trinajstić information content (AvgIpc) is 3.18. The van der Waals surface area contributed by atoms with Gasteiger partial charge in [-0.3, -0.25) is 4.90 Å². The fraction of sp³-hybridized carbons (Fsp3) is 0.733. The van der Waals surface area contributed by atoms with E-state index < -0.39 is 0 Å². The summed E-state index contributed by atoms with van der Waals surface area (Å²) >= 11 is 1.83. The Labute approximate surface area is 140 Å². The molecule has 1 aliphatic heterocycles. The smallest absolute Gasteiger partial charge is 0.240 e. The van der Waals surface area contributed by atoms with Crippen LogP contribution in [0.4, 0.5) is 0 Å². The van der Waals surface area contributed by atoms with Gasteiger partial charge in [-0.05, 0) is 38.6 Å². The quantitative estimate of drug-likeness (QED) is 0.802. The lowest BCUT2D eigenvalue weighted by atomic mass is 9.96. The Morgan fingerprint density at radius 1 is 1.39 bits per heavy atom. The predicted molar refractivity (Wildman–Crippen MR) is 89.1 cm³/mol. The largest absolute Gasteiger partial charge is 0.338 e. The van der Waals surface area contributed by atoms with Crippen molar-refractivity contribution in [3.8, 4) is 0 Å². The molecule has 1 aliphatic rings. The van der Waals surface area contributed by atoms with Crippen LogP contribution in [0.3, 0.4) is 0 Å². The first-order chi connectivity index (χ1) is 11.2. The summed E-state index contributed by atoms with van der Waals surface area (Å²) in [5.74, 6) is 4.18. The molecule has 0 aromatic carbocycles. The number of hydrogen-bond donors (Lipinski definition) is 0. The summed E-state index contributed by atoms with van der Waals surface area (Å²) in [5.41, 5.74) is 0. The van der Waals surface area contributed by atoms with Crippen LogP contribution in [0.1, 0.15) is 55.4 Å². The number of thioether (sulfide) groups is 1. The fourth-order valence-corrected chi connectivity index (χ4v) is 3.77. The maximum Gasteiger partial charge on any atom is 0.240 e. The lowest BCUT2D eigenvalue weighted by Crippen LogP contribution is -2.33. The molecule has 23 heavy (non-hydrogen) atoms. The van der Waals surface area contributed by atoms with E-state index in [1.54, 1.807) is 6.33 Å². The number of likely N-dealkylation sites (tertiary alicyclic amines) is 1. The molecule has 126 valence electrons. The number of piperidine rings is 1. The van der Waals surface area contributed by atoms with E-state index in [-0.39, 0.29) is 0 Å². The van der Waals surface area contributed by atoms with Gasteiger partial charge in [-0.15, -0.1) is 10.2 Å². The zero-order valence-corrected chi connectivity index (χ0v) is 14.8. The van der Waals surface area contributed by atoms with Crippen molar-refractivity contribution in [2.24, 2.45) is 7.05 Å². The molecule has 2 aromatic rings. The Hall–Kier alpha value is -1.41. The van der Waals surface area contributed by atoms with Crippen molar-refractivity contribution in [2.45, 2.75) is 44.4 Å². The van der Waals surface area contributed by atoms with Crippen LogP contribution in [0.2, 0.25) is 0 Å². The van der Waals surface area contributed by atoms with Gasteiger partial charge in [0.2, 0.25) is 5.89 Å². The first-order valence-electron chi connectivity index (χ1n) is 8.17. The third-order valence-electron chi connectivity index (χ3n) is 4.32. The van der Waals surface area contributed by atoms with Gasteiger partial charge in [0.05, 0.1) is 11.8 Å². The van der Waals surface area contributed by atoms with Gasteiger partial charge in [-0.25, -0.2) is 0 Å². The highest BCUT2D eigenvalue weighted by molar-refractivity contribution is 7.99. The number of rotatable bonds is 6. The van der Waals surface area contributed by atoms with Crippen molar-refractivity contribution in [1.29, 1.82) is 0 Å². The standard InChI is InChI=1S/C15H24N6OS/c1-4-23-11(2)14-17-13(22-19-14)9-21-7-5-12(6-8-21)15-18-16-10-20(15)3/h10-12H,4-9H2,1-3H3/t11-/m1/s1. The summed E-state index contributed by atoms with van der Waals surface area (Å²) in [6, 6.07) is 0. The van der Waals surface area contributed by atoms with Crippen LogP contribution < -0.4 is 0 Å². The minimum atomic E-state index is 0.291. The number of aromatic nitrogens is 5. The second-order valence-corrected chi connectivity index (χ2v) is 7.61. The Balaban J connectivity index is 1.52. The van der Waals surface area contributed by atoms with E-state index in [1.807, 2.05) is 23.4 Å². The monoisotopic (exact) mass is 336 g/mol. The Morgan fingerprint density at radius 2 is 2.17 bits per heavy atom. The van der Waals surface area contributed by atoms with Crippen LogP contribution in [0.15, 0.2) is 10.9 Å². The van der Waals surface area contributed by atoms with Gasteiger partial charge in [0, 0.05) is 13.0 Å². The van der Waals surface area contributed by atoms with Crippen LogP contribution in [-0.2, 0) is 13.6 Å². The molecule has 7 nitrogen and oxygen atoms in total. The molecular formula is C15H24N6OS. The molecule has 0 amide bonds. The van der Waals surface area contributed by atoms with Crippen molar-refractivity contribution in [1.82, 2.24) is 29.8 Å². The molecule has 0 radical (unpaired) electrons. The maximum atomic E-state index is 5.41. The van der Waals surface area contributed by atoms with E-state index in [4.69, 9.17) is 4.52 Å². The molecule has 0 spiro atoms. The van der Waals surface area contributed by atoms with Gasteiger partial charge >= 0.3 is 0 Å². The highest BCUT2D eigenvalue weighted by Gasteiger charge is 2.25. The van der Waals surface area contributed by atoms with Crippen LogP contribution in [0.5, 0.6) is 0 Å². The molecule has 8 heteroatoms. The molecule has 2 aromatic heterocycles. The van der Waals surface area contributed by atoms with Crippen LogP contribution >= 0.6 is 11.8 Å². The van der Waals surface area contributed by atoms with Crippen molar-refractivity contribution in [2.75, 3.05) is 18.8 Å². The number of nitrogens with zero attached hydrogens (tertiary/aromatic N) is 6. The fourth-order valence-electron chi connectivity index (χ4n) is 3.02. The van der Waals surface area contributed by atoms with Crippen LogP contribution in [0.25, 0.3) is 0 Å². The van der Waals surface area contributed by atoms with Gasteiger partial charge in [0.15, 0.2) is 5.82 Å². The summed E-state index contributed by atoms with van der Waals surface area (Å²) in [4.78, 5) is 6.92. The topological polar surface area (TPSA) is 72.9 Å². The molecule has 3 rings (SSSR count). The molecule has 1 atom stereocenters. The number of aryl methyl sites for hydroxylation is 1. The lowest BCUT2D eigenvalue weighted by molar-refractivity contribution is 0.177. The maximum absolute atomic E-state index is 5.41. The molecule has 3 heterocycles. The van der Waals surface area contributed by atoms with Gasteiger partial charge in [-0.2, -0.15) is 16.7 Å². The molecule has 0 N–H and O–H groups in total. The van der Waals surface area contributed by atoms with Gasteiger partial charge in [0.1, 0.15) is 12.2 Å². The van der Waals surface area contributed by atoms with E-state index in [9.17, 15) is 0 Å². The summed E-state index contributed by atoms with van der Waals surface area (Å²) in [6.45, 7) is 7.05. The van der Waals surface area contributed by atoms with E-state index >= 15 is 0 Å². The minimum Gasteiger partial charge on any atom is -0.338 e. The molecule has 0 unspecified atom stereocenters. The Bertz CT molecular complexity index is 619. The van der Waals surface area contributed by atoms with E-state index in [1.165, 1.54) is 0 Å². The minimum absolute atomic E-state index is 0.291. The highest BCUT2D eigenvalue weighted by Crippen LogP contribution is 2.28. The average molecular weight is 336 g/mol. The predicted octanol–water partition coefficient (Wildman–Crippen LogP) is 2.39. The van der Waals surface area contributed by atoms with E-state index in [2.05, 4.69) is 39.1 Å². The van der Waals surface area contributed by atoms with Crippen molar-refractivity contribution < 1.29 is 4.52 Å². The third-order valence-corrected chi connectivity index (χ3v) is 5.37. The van der Waals surface area contributed by atoms with Crippen molar-refractivity contribution >= 4 is 11.8 Å². The summed E-state index contributed by atoms with van der Waals surface area (Å²) < 4.78 is 7.44. The second kappa shape index (κ2) is 7.44. The van der Waals surface area contributed by atoms with Gasteiger partial charge in [0.25, 0.3) is 0 Å². The zero-order chi connectivity index (χ0) is 16.2. The zero-order valence-electron chi connectivity index (χ0n) is 14.0. The highest BCUT2D eigenvalue weighted by atomic mass is 32.2. The van der Waals surface area contributed by atoms with Crippen LogP contribution in [0, 0.1) is 0 Å². The number of hydrogen-bond acceptors (Lipinski definition) is 7. The molecule has 0 aliphatic carbocycles. The molecule has 0 bridgehead atoms. The second-order valence-electron chi connectivity index (χ2n) is 5.99. The molecule has 1 saturated heterocycles. The Kier molecular flexibility index (Phi) is 5.32. The molecule has 1 fully saturated rings. The molecule has 0 saturated carbocycles. The third kappa shape index (κ3) is 3.92. The SMILES string of the molecule is CCS[C@H](C)c1noc(CN2CCC(c3nncn3C)CC2)n1. The lowest BCUT2D eigenvalue weighted by Gasteiger charge is -2.30. The first-order valence-corrected chi connectivity index (χ1v) is 9.22. The normalized spacial score (nSPS) is 18.4. The van der Waals surface area contributed by atoms with Crippen molar-refractivity contribution in [3.05, 3.63) is 23.9 Å². The Morgan fingerprint density at radius 3 is 2.83 bits per heavy atom. The van der Waals surface area contributed by atoms with E-state index in [0.717, 1.165) is 55.8 Å². The summed E-state index contributed by atoms with van der Waals surface area (Å²) in [6.07, 6.45) is 3.96.